The van der Waals surface area contributed by atoms with Crippen molar-refractivity contribution in [3.63, 3.8) is 0 Å². The van der Waals surface area contributed by atoms with Crippen molar-refractivity contribution in [2.75, 3.05) is 13.7 Å². The third-order valence-electron chi connectivity index (χ3n) is 2.94. The van der Waals surface area contributed by atoms with Crippen LogP contribution in [0.2, 0.25) is 0 Å². The molecule has 0 aliphatic carbocycles. The van der Waals surface area contributed by atoms with Crippen LogP contribution in [0.3, 0.4) is 0 Å². The molecule has 0 unspecified atom stereocenters. The number of amides is 1. The molecule has 100 valence electrons. The van der Waals surface area contributed by atoms with E-state index >= 15 is 0 Å². The SMILES string of the molecule is COc1ccccc1CCNC(=O)Cc1cc[nH]c1. The lowest BCUT2D eigenvalue weighted by molar-refractivity contribution is -0.120. The maximum Gasteiger partial charge on any atom is 0.224 e. The van der Waals surface area contributed by atoms with E-state index in [0.29, 0.717) is 13.0 Å². The van der Waals surface area contributed by atoms with Crippen molar-refractivity contribution in [1.82, 2.24) is 10.3 Å². The zero-order valence-electron chi connectivity index (χ0n) is 11.0. The van der Waals surface area contributed by atoms with Crippen molar-refractivity contribution in [3.05, 3.63) is 53.9 Å². The average molecular weight is 258 g/mol. The molecule has 1 aromatic heterocycles. The maximum absolute atomic E-state index is 11.7. The van der Waals surface area contributed by atoms with Gasteiger partial charge in [0.1, 0.15) is 5.75 Å². The summed E-state index contributed by atoms with van der Waals surface area (Å²) in [6.45, 7) is 0.615. The normalized spacial score (nSPS) is 10.2. The summed E-state index contributed by atoms with van der Waals surface area (Å²) in [5.41, 5.74) is 2.10. The lowest BCUT2D eigenvalue weighted by Gasteiger charge is -2.08. The molecule has 2 aromatic rings. The Morgan fingerprint density at radius 1 is 1.32 bits per heavy atom. The number of hydrogen-bond acceptors (Lipinski definition) is 2. The molecule has 0 radical (unpaired) electrons. The van der Waals surface area contributed by atoms with Crippen LogP contribution in [0.25, 0.3) is 0 Å². The summed E-state index contributed by atoms with van der Waals surface area (Å²) in [4.78, 5) is 14.6. The van der Waals surface area contributed by atoms with E-state index in [1.54, 1.807) is 7.11 Å². The van der Waals surface area contributed by atoms with E-state index in [4.69, 9.17) is 4.74 Å². The lowest BCUT2D eigenvalue weighted by Crippen LogP contribution is -2.27. The number of rotatable bonds is 6. The number of hydrogen-bond donors (Lipinski definition) is 2. The molecule has 0 atom stereocenters. The Morgan fingerprint density at radius 2 is 2.16 bits per heavy atom. The van der Waals surface area contributed by atoms with E-state index in [1.807, 2.05) is 42.7 Å². The number of nitrogens with one attached hydrogen (secondary N) is 2. The molecule has 0 fully saturated rings. The predicted octanol–water partition coefficient (Wildman–Crippen LogP) is 1.92. The second-order valence-corrected chi connectivity index (χ2v) is 4.31. The number of para-hydroxylation sites is 1. The third kappa shape index (κ3) is 3.88. The van der Waals surface area contributed by atoms with Crippen molar-refractivity contribution in [3.8, 4) is 5.75 Å². The van der Waals surface area contributed by atoms with Gasteiger partial charge >= 0.3 is 0 Å². The first kappa shape index (κ1) is 13.2. The highest BCUT2D eigenvalue weighted by Crippen LogP contribution is 2.17. The van der Waals surface area contributed by atoms with Crippen LogP contribution in [0.15, 0.2) is 42.7 Å². The summed E-state index contributed by atoms with van der Waals surface area (Å²) in [6.07, 6.45) is 4.83. The van der Waals surface area contributed by atoms with Crippen LogP contribution in [0, 0.1) is 0 Å². The zero-order valence-corrected chi connectivity index (χ0v) is 11.0. The minimum absolute atomic E-state index is 0.0366. The van der Waals surface area contributed by atoms with E-state index in [1.165, 1.54) is 0 Å². The van der Waals surface area contributed by atoms with Gasteiger partial charge in [0.05, 0.1) is 13.5 Å². The van der Waals surface area contributed by atoms with Gasteiger partial charge in [-0.25, -0.2) is 0 Å². The van der Waals surface area contributed by atoms with Crippen LogP contribution < -0.4 is 10.1 Å². The van der Waals surface area contributed by atoms with Crippen LogP contribution in [0.4, 0.5) is 0 Å². The molecule has 4 nitrogen and oxygen atoms in total. The highest BCUT2D eigenvalue weighted by atomic mass is 16.5. The van der Waals surface area contributed by atoms with E-state index < -0.39 is 0 Å². The highest BCUT2D eigenvalue weighted by Gasteiger charge is 2.05. The van der Waals surface area contributed by atoms with Crippen molar-refractivity contribution in [1.29, 1.82) is 0 Å². The van der Waals surface area contributed by atoms with E-state index in [9.17, 15) is 4.79 Å². The van der Waals surface area contributed by atoms with Crippen LogP contribution in [-0.4, -0.2) is 24.5 Å². The Morgan fingerprint density at radius 3 is 2.89 bits per heavy atom. The first-order valence-corrected chi connectivity index (χ1v) is 6.30. The van der Waals surface area contributed by atoms with E-state index in [0.717, 1.165) is 23.3 Å². The summed E-state index contributed by atoms with van der Waals surface area (Å²) >= 11 is 0. The van der Waals surface area contributed by atoms with Gasteiger partial charge in [-0.1, -0.05) is 18.2 Å². The predicted molar refractivity (Wildman–Crippen MR) is 74.2 cm³/mol. The number of ether oxygens (including phenoxy) is 1. The van der Waals surface area contributed by atoms with Gasteiger partial charge in [-0.2, -0.15) is 0 Å². The van der Waals surface area contributed by atoms with Crippen molar-refractivity contribution in [2.24, 2.45) is 0 Å². The second-order valence-electron chi connectivity index (χ2n) is 4.31. The molecular formula is C15H18N2O2. The van der Waals surface area contributed by atoms with Crippen molar-refractivity contribution < 1.29 is 9.53 Å². The van der Waals surface area contributed by atoms with Crippen molar-refractivity contribution in [2.45, 2.75) is 12.8 Å². The standard InChI is InChI=1S/C15H18N2O2/c1-19-14-5-3-2-4-13(14)7-9-17-15(18)10-12-6-8-16-11-12/h2-6,8,11,16H,7,9-10H2,1H3,(H,17,18). The monoisotopic (exact) mass is 258 g/mol. The van der Waals surface area contributed by atoms with E-state index in [2.05, 4.69) is 10.3 Å². The first-order valence-electron chi connectivity index (χ1n) is 6.30. The number of carbonyl (C=O) groups is 1. The van der Waals surface area contributed by atoms with Gasteiger partial charge in [0.25, 0.3) is 0 Å². The smallest absolute Gasteiger partial charge is 0.224 e. The molecule has 0 saturated heterocycles. The molecular weight excluding hydrogens is 240 g/mol. The lowest BCUT2D eigenvalue weighted by atomic mass is 10.1. The molecule has 0 bridgehead atoms. The number of aromatic nitrogens is 1. The summed E-state index contributed by atoms with van der Waals surface area (Å²) in [5, 5.41) is 2.91. The average Bonchev–Trinajstić information content (AvgIpc) is 2.92. The molecule has 0 saturated carbocycles. The fourth-order valence-corrected chi connectivity index (χ4v) is 1.96. The van der Waals surface area contributed by atoms with Crippen LogP contribution in [0.1, 0.15) is 11.1 Å². The summed E-state index contributed by atoms with van der Waals surface area (Å²) in [5.74, 6) is 0.900. The van der Waals surface area contributed by atoms with Gasteiger partial charge < -0.3 is 15.0 Å². The number of aromatic amines is 1. The number of methoxy groups -OCH3 is 1. The molecule has 1 aromatic carbocycles. The van der Waals surface area contributed by atoms with Gasteiger partial charge in [-0.15, -0.1) is 0 Å². The number of benzene rings is 1. The Labute approximate surface area is 112 Å². The maximum atomic E-state index is 11.7. The van der Waals surface area contributed by atoms with Gasteiger partial charge in [-0.05, 0) is 29.7 Å². The minimum atomic E-state index is 0.0366. The van der Waals surface area contributed by atoms with Crippen molar-refractivity contribution >= 4 is 5.91 Å². The van der Waals surface area contributed by atoms with Gasteiger partial charge in [-0.3, -0.25) is 4.79 Å². The molecule has 0 aliphatic rings. The van der Waals surface area contributed by atoms with Crippen LogP contribution in [-0.2, 0) is 17.6 Å². The van der Waals surface area contributed by atoms with E-state index in [-0.39, 0.29) is 5.91 Å². The van der Waals surface area contributed by atoms with Crippen LogP contribution >= 0.6 is 0 Å². The summed E-state index contributed by atoms with van der Waals surface area (Å²) < 4.78 is 5.27. The first-order chi connectivity index (χ1) is 9.29. The zero-order chi connectivity index (χ0) is 13.5. The van der Waals surface area contributed by atoms with Gasteiger partial charge in [0, 0.05) is 18.9 Å². The van der Waals surface area contributed by atoms with Gasteiger partial charge in [0.2, 0.25) is 5.91 Å². The Balaban J connectivity index is 1.78. The molecule has 1 heterocycles. The molecule has 2 N–H and O–H groups in total. The fourth-order valence-electron chi connectivity index (χ4n) is 1.96. The summed E-state index contributed by atoms with van der Waals surface area (Å²) in [6, 6.07) is 9.75. The molecule has 2 rings (SSSR count). The molecule has 1 amide bonds. The number of carbonyl (C=O) groups excluding carboxylic acids is 1. The fraction of sp³-hybridized carbons (Fsp3) is 0.267. The minimum Gasteiger partial charge on any atom is -0.496 e. The molecule has 19 heavy (non-hydrogen) atoms. The Bertz CT molecular complexity index is 521. The van der Waals surface area contributed by atoms with Gasteiger partial charge in [0.15, 0.2) is 0 Å². The second kappa shape index (κ2) is 6.64. The number of H-pyrrole nitrogens is 1. The quantitative estimate of drug-likeness (QED) is 0.831. The summed E-state index contributed by atoms with van der Waals surface area (Å²) in [7, 11) is 1.66. The molecule has 0 aliphatic heterocycles. The largest absolute Gasteiger partial charge is 0.496 e. The van der Waals surface area contributed by atoms with Crippen LogP contribution in [0.5, 0.6) is 5.75 Å². The Hall–Kier alpha value is -2.23. The third-order valence-corrected chi connectivity index (χ3v) is 2.94. The molecule has 0 spiro atoms. The molecule has 4 heteroatoms. The highest BCUT2D eigenvalue weighted by molar-refractivity contribution is 5.78. The topological polar surface area (TPSA) is 54.1 Å². The Kier molecular flexibility index (Phi) is 4.61.